The van der Waals surface area contributed by atoms with E-state index in [0.717, 1.165) is 17.8 Å². The number of carbonyl (C=O) groups is 1. The number of aromatic nitrogens is 3. The minimum atomic E-state index is -4.50. The van der Waals surface area contributed by atoms with Gasteiger partial charge in [0.05, 0.1) is 11.6 Å². The van der Waals surface area contributed by atoms with Crippen molar-refractivity contribution in [1.29, 1.82) is 0 Å². The number of rotatable bonds is 6. The van der Waals surface area contributed by atoms with Crippen LogP contribution in [0.4, 0.5) is 13.2 Å². The third kappa shape index (κ3) is 5.32. The monoisotopic (exact) mass is 405 g/mol. The van der Waals surface area contributed by atoms with Crippen molar-refractivity contribution >= 4 is 11.6 Å². The Labute approximate surface area is 165 Å². The maximum Gasteiger partial charge on any atom is 0.417 e. The van der Waals surface area contributed by atoms with Crippen molar-refractivity contribution in [2.45, 2.75) is 44.4 Å². The van der Waals surface area contributed by atoms with Crippen LogP contribution in [0.2, 0.25) is 0 Å². The van der Waals surface area contributed by atoms with Gasteiger partial charge in [0.15, 0.2) is 11.5 Å². The van der Waals surface area contributed by atoms with Gasteiger partial charge < -0.3 is 11.1 Å². The number of carbonyl (C=O) groups excluding carboxylic acids is 1. The molecule has 0 unspecified atom stereocenters. The average molecular weight is 405 g/mol. The van der Waals surface area contributed by atoms with Crippen LogP contribution in [0.1, 0.15) is 43.3 Å². The van der Waals surface area contributed by atoms with E-state index in [2.05, 4.69) is 15.5 Å². The molecule has 0 saturated carbocycles. The summed E-state index contributed by atoms with van der Waals surface area (Å²) in [6.45, 7) is 3.45. The Morgan fingerprint density at radius 2 is 1.83 bits per heavy atom. The molecule has 3 rings (SSSR count). The van der Waals surface area contributed by atoms with E-state index < -0.39 is 23.3 Å². The van der Waals surface area contributed by atoms with Crippen LogP contribution in [0, 0.1) is 0 Å². The van der Waals surface area contributed by atoms with E-state index in [0.29, 0.717) is 6.42 Å². The molecule has 3 aromatic rings. The van der Waals surface area contributed by atoms with Crippen LogP contribution in [0.5, 0.6) is 0 Å². The van der Waals surface area contributed by atoms with Crippen molar-refractivity contribution in [2.75, 3.05) is 0 Å². The molecule has 0 bridgehead atoms. The van der Waals surface area contributed by atoms with E-state index in [1.807, 2.05) is 30.3 Å². The molecule has 0 radical (unpaired) electrons. The smallest absolute Gasteiger partial charge is 0.346 e. The Balaban J connectivity index is 1.99. The first kappa shape index (κ1) is 20.8. The quantitative estimate of drug-likeness (QED) is 0.659. The molecule has 3 N–H and O–H groups in total. The van der Waals surface area contributed by atoms with Gasteiger partial charge in [0.2, 0.25) is 5.91 Å². The zero-order chi connectivity index (χ0) is 21.2. The highest BCUT2D eigenvalue weighted by Crippen LogP contribution is 2.30. The Kier molecular flexibility index (Phi) is 5.61. The number of fused-ring (bicyclic) bond motifs is 1. The van der Waals surface area contributed by atoms with Gasteiger partial charge >= 0.3 is 6.18 Å². The first-order valence-corrected chi connectivity index (χ1v) is 9.07. The van der Waals surface area contributed by atoms with E-state index in [1.54, 1.807) is 13.8 Å². The van der Waals surface area contributed by atoms with Crippen molar-refractivity contribution in [1.82, 2.24) is 19.9 Å². The highest BCUT2D eigenvalue weighted by molar-refractivity contribution is 5.77. The van der Waals surface area contributed by atoms with Gasteiger partial charge in [0.25, 0.3) is 0 Å². The number of hydrogen-bond acceptors (Lipinski definition) is 4. The van der Waals surface area contributed by atoms with Crippen molar-refractivity contribution in [2.24, 2.45) is 5.73 Å². The number of nitrogens with two attached hydrogens (primary N) is 1. The Hall–Kier alpha value is -2.94. The van der Waals surface area contributed by atoms with Crippen molar-refractivity contribution in [3.8, 4) is 0 Å². The number of amides is 1. The summed E-state index contributed by atoms with van der Waals surface area (Å²) in [4.78, 5) is 12.5. The second kappa shape index (κ2) is 7.82. The van der Waals surface area contributed by atoms with Crippen molar-refractivity contribution in [3.63, 3.8) is 0 Å². The lowest BCUT2D eigenvalue weighted by Gasteiger charge is -2.22. The first-order valence-electron chi connectivity index (χ1n) is 9.07. The van der Waals surface area contributed by atoms with Crippen LogP contribution in [0.3, 0.4) is 0 Å². The standard InChI is InChI=1S/C20H22F3N5O/c1-19(2,24)11-17(29)25-15(10-13-6-4-3-5-7-13)18-27-26-16-9-8-14(12-28(16)18)20(21,22)23/h3-9,12,15H,10-11,24H2,1-2H3,(H,25,29)/t15-/m1/s1. The molecular weight excluding hydrogens is 383 g/mol. The average Bonchev–Trinajstić information content (AvgIpc) is 3.03. The van der Waals surface area contributed by atoms with Gasteiger partial charge in [0, 0.05) is 18.2 Å². The Bertz CT molecular complexity index is 993. The van der Waals surface area contributed by atoms with E-state index in [1.165, 1.54) is 10.5 Å². The number of halogens is 3. The van der Waals surface area contributed by atoms with Crippen LogP contribution in [-0.2, 0) is 17.4 Å². The second-order valence-electron chi connectivity index (χ2n) is 7.68. The third-order valence-electron chi connectivity index (χ3n) is 4.30. The second-order valence-corrected chi connectivity index (χ2v) is 7.68. The molecule has 0 aliphatic heterocycles. The summed E-state index contributed by atoms with van der Waals surface area (Å²) in [5.74, 6) is -0.0970. The zero-order valence-corrected chi connectivity index (χ0v) is 16.1. The van der Waals surface area contributed by atoms with E-state index in [-0.39, 0.29) is 23.8 Å². The van der Waals surface area contributed by atoms with E-state index in [9.17, 15) is 18.0 Å². The molecule has 1 atom stereocenters. The molecule has 0 fully saturated rings. The minimum Gasteiger partial charge on any atom is -0.346 e. The molecule has 0 saturated heterocycles. The van der Waals surface area contributed by atoms with Crippen molar-refractivity contribution in [3.05, 3.63) is 65.6 Å². The molecule has 9 heteroatoms. The summed E-state index contributed by atoms with van der Waals surface area (Å²) in [5.41, 5.74) is 5.54. The summed E-state index contributed by atoms with van der Waals surface area (Å²) in [6.07, 6.45) is -3.16. The summed E-state index contributed by atoms with van der Waals surface area (Å²) >= 11 is 0. The van der Waals surface area contributed by atoms with Crippen molar-refractivity contribution < 1.29 is 18.0 Å². The summed E-state index contributed by atoms with van der Waals surface area (Å²) < 4.78 is 40.7. The fraction of sp³-hybridized carbons (Fsp3) is 0.350. The Morgan fingerprint density at radius 3 is 2.45 bits per heavy atom. The predicted octanol–water partition coefficient (Wildman–Crippen LogP) is 3.28. The number of hydrogen-bond donors (Lipinski definition) is 2. The first-order chi connectivity index (χ1) is 13.5. The van der Waals surface area contributed by atoms with E-state index >= 15 is 0 Å². The summed E-state index contributed by atoms with van der Waals surface area (Å²) in [6, 6.07) is 10.8. The molecule has 2 heterocycles. The molecule has 1 aromatic carbocycles. The van der Waals surface area contributed by atoms with Crippen LogP contribution < -0.4 is 11.1 Å². The number of benzene rings is 1. The van der Waals surface area contributed by atoms with Gasteiger partial charge in [-0.2, -0.15) is 13.2 Å². The van der Waals surface area contributed by atoms with Gasteiger partial charge in [-0.3, -0.25) is 9.20 Å². The molecular formula is C20H22F3N5O. The topological polar surface area (TPSA) is 85.3 Å². The fourth-order valence-corrected chi connectivity index (χ4v) is 3.03. The molecule has 29 heavy (non-hydrogen) atoms. The SMILES string of the molecule is CC(C)(N)CC(=O)N[C@H](Cc1ccccc1)c1nnc2ccc(C(F)(F)F)cn12. The van der Waals surface area contributed by atoms with Gasteiger partial charge in [-0.05, 0) is 38.0 Å². The third-order valence-corrected chi connectivity index (χ3v) is 4.30. The number of alkyl halides is 3. The van der Waals surface area contributed by atoms with Gasteiger partial charge in [-0.15, -0.1) is 10.2 Å². The maximum atomic E-state index is 13.2. The number of nitrogens with zero attached hydrogens (tertiary/aromatic N) is 3. The number of pyridine rings is 1. The molecule has 1 amide bonds. The summed E-state index contributed by atoms with van der Waals surface area (Å²) in [7, 11) is 0. The number of nitrogens with one attached hydrogen (secondary N) is 1. The lowest BCUT2D eigenvalue weighted by atomic mass is 10.0. The largest absolute Gasteiger partial charge is 0.417 e. The highest BCUT2D eigenvalue weighted by atomic mass is 19.4. The van der Waals surface area contributed by atoms with Gasteiger partial charge in [-0.25, -0.2) is 0 Å². The lowest BCUT2D eigenvalue weighted by Crippen LogP contribution is -2.41. The normalized spacial score (nSPS) is 13.4. The van der Waals surface area contributed by atoms with Gasteiger partial charge in [0.1, 0.15) is 0 Å². The molecule has 0 aliphatic carbocycles. The van der Waals surface area contributed by atoms with E-state index in [4.69, 9.17) is 5.73 Å². The Morgan fingerprint density at radius 1 is 1.14 bits per heavy atom. The zero-order valence-electron chi connectivity index (χ0n) is 16.1. The van der Waals surface area contributed by atoms with Crippen LogP contribution in [0.15, 0.2) is 48.7 Å². The fourth-order valence-electron chi connectivity index (χ4n) is 3.03. The molecule has 154 valence electrons. The van der Waals surface area contributed by atoms with Crippen LogP contribution in [0.25, 0.3) is 5.65 Å². The highest BCUT2D eigenvalue weighted by Gasteiger charge is 2.32. The van der Waals surface area contributed by atoms with Crippen LogP contribution >= 0.6 is 0 Å². The predicted molar refractivity (Wildman–Crippen MR) is 102 cm³/mol. The van der Waals surface area contributed by atoms with Crippen LogP contribution in [-0.4, -0.2) is 26.0 Å². The maximum absolute atomic E-state index is 13.2. The molecule has 0 spiro atoms. The molecule has 0 aliphatic rings. The van der Waals surface area contributed by atoms with Gasteiger partial charge in [-0.1, -0.05) is 30.3 Å². The molecule has 2 aromatic heterocycles. The minimum absolute atomic E-state index is 0.0584. The molecule has 6 nitrogen and oxygen atoms in total. The summed E-state index contributed by atoms with van der Waals surface area (Å²) in [5, 5.41) is 10.9. The lowest BCUT2D eigenvalue weighted by molar-refractivity contribution is -0.138.